The van der Waals surface area contributed by atoms with Crippen LogP contribution in [0.5, 0.6) is 5.75 Å². The molecule has 1 saturated heterocycles. The molecule has 204 valence electrons. The van der Waals surface area contributed by atoms with Crippen molar-refractivity contribution in [3.63, 3.8) is 0 Å². The van der Waals surface area contributed by atoms with E-state index in [1.165, 1.54) is 18.2 Å². The third kappa shape index (κ3) is 4.61. The summed E-state index contributed by atoms with van der Waals surface area (Å²) in [6.45, 7) is 6.05. The summed E-state index contributed by atoms with van der Waals surface area (Å²) in [6, 6.07) is 6.88. The monoisotopic (exact) mass is 546 g/mol. The first-order valence-corrected chi connectivity index (χ1v) is 13.5. The molecular weight excluding hydrogens is 514 g/mol. The number of amides is 1. The number of rotatable bonds is 4. The van der Waals surface area contributed by atoms with Gasteiger partial charge in [0.05, 0.1) is 12.1 Å². The topological polar surface area (TPSA) is 87.7 Å². The summed E-state index contributed by atoms with van der Waals surface area (Å²) in [6.07, 6.45) is 2.43. The minimum Gasteiger partial charge on any atom is -0.425 e. The van der Waals surface area contributed by atoms with Crippen molar-refractivity contribution in [2.75, 3.05) is 0 Å². The maximum Gasteiger partial charge on any atom is 0.324 e. The second-order valence-electron chi connectivity index (χ2n) is 12.0. The molecule has 0 radical (unpaired) electrons. The minimum absolute atomic E-state index is 0.0622. The van der Waals surface area contributed by atoms with E-state index in [-0.39, 0.29) is 22.8 Å². The van der Waals surface area contributed by atoms with Crippen LogP contribution in [0.3, 0.4) is 0 Å². The SMILES string of the molecule is CC(C)(C)CC1NC(C(=O)NC2CCC(O)CC2)C(c2cccc(F)c2F)C12C(=O)Oc1cc(Cl)ccc12. The van der Waals surface area contributed by atoms with Crippen molar-refractivity contribution >= 4 is 23.5 Å². The van der Waals surface area contributed by atoms with E-state index < -0.39 is 53.0 Å². The molecule has 38 heavy (non-hydrogen) atoms. The molecule has 2 fully saturated rings. The number of benzene rings is 2. The van der Waals surface area contributed by atoms with E-state index in [4.69, 9.17) is 16.3 Å². The summed E-state index contributed by atoms with van der Waals surface area (Å²) in [5.74, 6) is -4.00. The van der Waals surface area contributed by atoms with Crippen molar-refractivity contribution < 1.29 is 28.2 Å². The van der Waals surface area contributed by atoms with Crippen LogP contribution in [0.4, 0.5) is 8.78 Å². The van der Waals surface area contributed by atoms with Gasteiger partial charge >= 0.3 is 5.97 Å². The van der Waals surface area contributed by atoms with Gasteiger partial charge in [0.15, 0.2) is 11.6 Å². The Bertz CT molecular complexity index is 1260. The number of hydrogen-bond acceptors (Lipinski definition) is 5. The average molecular weight is 547 g/mol. The van der Waals surface area contributed by atoms with Gasteiger partial charge in [0.25, 0.3) is 0 Å². The van der Waals surface area contributed by atoms with E-state index in [1.807, 2.05) is 20.8 Å². The molecule has 6 nitrogen and oxygen atoms in total. The molecule has 2 aromatic rings. The predicted molar refractivity (Wildman–Crippen MR) is 139 cm³/mol. The number of nitrogens with one attached hydrogen (secondary N) is 2. The predicted octanol–water partition coefficient (Wildman–Crippen LogP) is 4.76. The molecule has 1 aliphatic carbocycles. The second kappa shape index (κ2) is 9.88. The highest BCUT2D eigenvalue weighted by Crippen LogP contribution is 2.57. The van der Waals surface area contributed by atoms with Gasteiger partial charge in [-0.15, -0.1) is 0 Å². The number of fused-ring (bicyclic) bond motifs is 2. The summed E-state index contributed by atoms with van der Waals surface area (Å²) < 4.78 is 35.9. The maximum atomic E-state index is 15.5. The van der Waals surface area contributed by atoms with Gasteiger partial charge in [-0.2, -0.15) is 0 Å². The summed E-state index contributed by atoms with van der Waals surface area (Å²) >= 11 is 6.21. The third-order valence-electron chi connectivity index (χ3n) is 8.14. The Hall–Kier alpha value is -2.55. The Morgan fingerprint density at radius 3 is 2.58 bits per heavy atom. The Kier molecular flexibility index (Phi) is 7.03. The lowest BCUT2D eigenvalue weighted by molar-refractivity contribution is -0.139. The van der Waals surface area contributed by atoms with E-state index in [1.54, 1.807) is 12.1 Å². The van der Waals surface area contributed by atoms with Crippen molar-refractivity contribution in [2.45, 2.75) is 88.4 Å². The fourth-order valence-corrected chi connectivity index (χ4v) is 6.68. The quantitative estimate of drug-likeness (QED) is 0.380. The number of halogens is 3. The molecule has 4 atom stereocenters. The third-order valence-corrected chi connectivity index (χ3v) is 8.38. The number of esters is 1. The van der Waals surface area contributed by atoms with Crippen LogP contribution >= 0.6 is 11.6 Å². The molecule has 3 aliphatic rings. The van der Waals surface area contributed by atoms with Crippen LogP contribution in [0.1, 0.15) is 69.9 Å². The Morgan fingerprint density at radius 2 is 1.89 bits per heavy atom. The van der Waals surface area contributed by atoms with Gasteiger partial charge < -0.3 is 20.5 Å². The van der Waals surface area contributed by atoms with Crippen molar-refractivity contribution in [1.82, 2.24) is 10.6 Å². The Morgan fingerprint density at radius 1 is 1.18 bits per heavy atom. The Labute approximate surface area is 226 Å². The molecule has 3 N–H and O–H groups in total. The molecule has 5 rings (SSSR count). The summed E-state index contributed by atoms with van der Waals surface area (Å²) in [5, 5.41) is 16.7. The first-order valence-electron chi connectivity index (χ1n) is 13.1. The van der Waals surface area contributed by atoms with Gasteiger partial charge in [-0.3, -0.25) is 9.59 Å². The molecule has 1 amide bonds. The van der Waals surface area contributed by atoms with Crippen LogP contribution in [0.15, 0.2) is 36.4 Å². The van der Waals surface area contributed by atoms with Gasteiger partial charge in [-0.05, 0) is 61.3 Å². The zero-order chi connectivity index (χ0) is 27.4. The second-order valence-corrected chi connectivity index (χ2v) is 12.4. The van der Waals surface area contributed by atoms with Crippen LogP contribution in [0.25, 0.3) is 0 Å². The van der Waals surface area contributed by atoms with Gasteiger partial charge in [0.2, 0.25) is 5.91 Å². The highest BCUT2D eigenvalue weighted by molar-refractivity contribution is 6.30. The molecule has 0 bridgehead atoms. The molecule has 2 heterocycles. The molecule has 9 heteroatoms. The zero-order valence-electron chi connectivity index (χ0n) is 21.7. The number of carbonyl (C=O) groups is 2. The van der Waals surface area contributed by atoms with Crippen LogP contribution < -0.4 is 15.4 Å². The number of aliphatic hydroxyl groups excluding tert-OH is 1. The fourth-order valence-electron chi connectivity index (χ4n) is 6.52. The van der Waals surface area contributed by atoms with E-state index in [0.717, 1.165) is 6.07 Å². The highest BCUT2D eigenvalue weighted by Gasteiger charge is 2.67. The van der Waals surface area contributed by atoms with Gasteiger partial charge in [-0.25, -0.2) is 8.78 Å². The van der Waals surface area contributed by atoms with E-state index in [0.29, 0.717) is 42.7 Å². The molecular formula is C29H33ClF2N2O4. The van der Waals surface area contributed by atoms with Crippen molar-refractivity contribution in [3.05, 3.63) is 64.2 Å². The molecule has 2 aromatic carbocycles. The van der Waals surface area contributed by atoms with Gasteiger partial charge in [0, 0.05) is 28.6 Å². The summed E-state index contributed by atoms with van der Waals surface area (Å²) in [4.78, 5) is 27.8. The maximum absolute atomic E-state index is 15.5. The first-order chi connectivity index (χ1) is 17.9. The average Bonchev–Trinajstić information content (AvgIpc) is 3.31. The van der Waals surface area contributed by atoms with Crippen molar-refractivity contribution in [2.24, 2.45) is 5.41 Å². The lowest BCUT2D eigenvalue weighted by Gasteiger charge is -2.36. The number of carbonyl (C=O) groups excluding carboxylic acids is 2. The zero-order valence-corrected chi connectivity index (χ0v) is 22.4. The molecule has 1 saturated carbocycles. The summed E-state index contributed by atoms with van der Waals surface area (Å²) in [7, 11) is 0. The highest BCUT2D eigenvalue weighted by atomic mass is 35.5. The van der Waals surface area contributed by atoms with Crippen molar-refractivity contribution in [3.8, 4) is 5.75 Å². The number of hydrogen-bond donors (Lipinski definition) is 3. The van der Waals surface area contributed by atoms with Crippen LogP contribution in [-0.4, -0.2) is 41.2 Å². The lowest BCUT2D eigenvalue weighted by atomic mass is 9.62. The van der Waals surface area contributed by atoms with Crippen LogP contribution in [0.2, 0.25) is 5.02 Å². The molecule has 4 unspecified atom stereocenters. The summed E-state index contributed by atoms with van der Waals surface area (Å²) in [5.41, 5.74) is -1.34. The number of aliphatic hydroxyl groups is 1. The first kappa shape index (κ1) is 27.0. The number of ether oxygens (including phenoxy) is 1. The standard InChI is InChI=1S/C29H33ClF2N2O4/c1-28(2,3)14-22-29(19-12-7-15(30)13-21(19)38-27(29)37)23(18-5-4-6-20(31)24(18)32)25(34-22)26(36)33-16-8-10-17(35)11-9-16/h4-7,12-13,16-17,22-23,25,34-35H,8-11,14H2,1-3H3,(H,33,36). The van der Waals surface area contributed by atoms with E-state index >= 15 is 4.39 Å². The smallest absolute Gasteiger partial charge is 0.324 e. The normalized spacial score (nSPS) is 30.8. The fraction of sp³-hybridized carbons (Fsp3) is 0.517. The minimum atomic E-state index is -1.49. The van der Waals surface area contributed by atoms with Crippen LogP contribution in [0, 0.1) is 17.0 Å². The van der Waals surface area contributed by atoms with Crippen molar-refractivity contribution in [1.29, 1.82) is 0 Å². The molecule has 2 aliphatic heterocycles. The van der Waals surface area contributed by atoms with E-state index in [9.17, 15) is 19.1 Å². The molecule has 0 aromatic heterocycles. The Balaban J connectivity index is 1.67. The molecule has 1 spiro atoms. The van der Waals surface area contributed by atoms with Crippen LogP contribution in [-0.2, 0) is 15.0 Å². The lowest BCUT2D eigenvalue weighted by Crippen LogP contribution is -2.49. The van der Waals surface area contributed by atoms with Gasteiger partial charge in [0.1, 0.15) is 11.2 Å². The largest absolute Gasteiger partial charge is 0.425 e. The van der Waals surface area contributed by atoms with Gasteiger partial charge in [-0.1, -0.05) is 50.6 Å². The van der Waals surface area contributed by atoms with E-state index in [2.05, 4.69) is 10.6 Å².